The van der Waals surface area contributed by atoms with E-state index in [2.05, 4.69) is 5.32 Å². The van der Waals surface area contributed by atoms with E-state index in [-0.39, 0.29) is 17.9 Å². The summed E-state index contributed by atoms with van der Waals surface area (Å²) in [5, 5.41) is 11.7. The Kier molecular flexibility index (Phi) is 5.34. The van der Waals surface area contributed by atoms with Crippen molar-refractivity contribution in [1.29, 1.82) is 0 Å². The molecule has 1 rings (SSSR count). The van der Waals surface area contributed by atoms with Gasteiger partial charge in [-0.15, -0.1) is 0 Å². The van der Waals surface area contributed by atoms with Gasteiger partial charge in [-0.1, -0.05) is 26.0 Å². The van der Waals surface area contributed by atoms with Gasteiger partial charge in [-0.05, 0) is 18.8 Å². The molecule has 18 heavy (non-hydrogen) atoms. The maximum atomic E-state index is 12.0. The van der Waals surface area contributed by atoms with E-state index in [1.807, 2.05) is 13.8 Å². The summed E-state index contributed by atoms with van der Waals surface area (Å²) in [6.07, 6.45) is 4.56. The lowest BCUT2D eigenvalue weighted by Gasteiger charge is -2.19. The summed E-state index contributed by atoms with van der Waals surface area (Å²) in [4.78, 5) is 22.8. The number of nitrogens with two attached hydrogens (primary N) is 1. The first-order valence-electron chi connectivity index (χ1n) is 6.35. The molecule has 0 aliphatic heterocycles. The van der Waals surface area contributed by atoms with Gasteiger partial charge in [-0.3, -0.25) is 9.59 Å². The molecule has 0 heterocycles. The van der Waals surface area contributed by atoms with Crippen molar-refractivity contribution >= 4 is 11.9 Å². The first-order valence-corrected chi connectivity index (χ1v) is 6.35. The molecular formula is C13H22N2O3. The van der Waals surface area contributed by atoms with Crippen LogP contribution in [0.15, 0.2) is 12.2 Å². The Hall–Kier alpha value is -1.36. The lowest BCUT2D eigenvalue weighted by molar-refractivity contribution is -0.140. The van der Waals surface area contributed by atoms with E-state index in [0.29, 0.717) is 18.9 Å². The smallest absolute Gasteiger partial charge is 0.310 e. The number of amides is 1. The van der Waals surface area contributed by atoms with E-state index in [9.17, 15) is 9.59 Å². The zero-order valence-electron chi connectivity index (χ0n) is 10.9. The first kappa shape index (κ1) is 14.7. The third-order valence-corrected chi connectivity index (χ3v) is 3.14. The van der Waals surface area contributed by atoms with Gasteiger partial charge in [-0.25, -0.2) is 0 Å². The minimum atomic E-state index is -0.847. The fraction of sp³-hybridized carbons (Fsp3) is 0.692. The Morgan fingerprint density at radius 1 is 1.44 bits per heavy atom. The van der Waals surface area contributed by atoms with Gasteiger partial charge in [0.25, 0.3) is 0 Å². The molecule has 0 aromatic carbocycles. The lowest BCUT2D eigenvalue weighted by Crippen LogP contribution is -2.40. The number of carbonyl (C=O) groups is 2. The van der Waals surface area contributed by atoms with Crippen LogP contribution in [0.4, 0.5) is 0 Å². The van der Waals surface area contributed by atoms with Crippen molar-refractivity contribution in [2.24, 2.45) is 23.5 Å². The number of nitrogens with one attached hydrogen (secondary N) is 1. The largest absolute Gasteiger partial charge is 0.481 e. The zero-order chi connectivity index (χ0) is 13.7. The molecule has 0 bridgehead atoms. The van der Waals surface area contributed by atoms with Crippen molar-refractivity contribution in [3.05, 3.63) is 12.2 Å². The quantitative estimate of drug-likeness (QED) is 0.610. The fourth-order valence-electron chi connectivity index (χ4n) is 2.17. The molecule has 0 aromatic heterocycles. The van der Waals surface area contributed by atoms with E-state index in [0.717, 1.165) is 6.42 Å². The molecule has 1 aliphatic carbocycles. The second kappa shape index (κ2) is 6.54. The summed E-state index contributed by atoms with van der Waals surface area (Å²) in [5.41, 5.74) is 5.60. The van der Waals surface area contributed by atoms with Crippen LogP contribution in [-0.2, 0) is 9.59 Å². The van der Waals surface area contributed by atoms with Gasteiger partial charge in [0.2, 0.25) is 5.91 Å². The Morgan fingerprint density at radius 2 is 2.11 bits per heavy atom. The monoisotopic (exact) mass is 254 g/mol. The van der Waals surface area contributed by atoms with Crippen LogP contribution < -0.4 is 11.1 Å². The van der Waals surface area contributed by atoms with E-state index >= 15 is 0 Å². The van der Waals surface area contributed by atoms with E-state index < -0.39 is 11.9 Å². The third kappa shape index (κ3) is 4.14. The molecule has 4 N–H and O–H groups in total. The van der Waals surface area contributed by atoms with Crippen LogP contribution in [-0.4, -0.2) is 29.6 Å². The van der Waals surface area contributed by atoms with Crippen LogP contribution in [0.2, 0.25) is 0 Å². The molecule has 0 saturated heterocycles. The van der Waals surface area contributed by atoms with Gasteiger partial charge >= 0.3 is 5.97 Å². The van der Waals surface area contributed by atoms with Crippen LogP contribution in [0, 0.1) is 17.8 Å². The molecule has 5 nitrogen and oxygen atoms in total. The molecule has 5 heteroatoms. The minimum Gasteiger partial charge on any atom is -0.481 e. The Morgan fingerprint density at radius 3 is 2.56 bits per heavy atom. The fourth-order valence-corrected chi connectivity index (χ4v) is 2.17. The number of carboxylic acids is 1. The second-order valence-corrected chi connectivity index (χ2v) is 5.24. The van der Waals surface area contributed by atoms with E-state index in [1.165, 1.54) is 0 Å². The maximum Gasteiger partial charge on any atom is 0.310 e. The summed E-state index contributed by atoms with van der Waals surface area (Å²) in [7, 11) is 0. The highest BCUT2D eigenvalue weighted by Gasteiger charge is 2.27. The predicted octanol–water partition coefficient (Wildman–Crippen LogP) is 0.753. The molecule has 0 fully saturated rings. The Labute approximate surface area is 107 Å². The van der Waals surface area contributed by atoms with Gasteiger partial charge in [-0.2, -0.15) is 0 Å². The van der Waals surface area contributed by atoms with Crippen LogP contribution in [0.3, 0.4) is 0 Å². The van der Waals surface area contributed by atoms with Crippen molar-refractivity contribution in [3.63, 3.8) is 0 Å². The first-order chi connectivity index (χ1) is 8.43. The Balaban J connectivity index is 2.45. The molecule has 1 amide bonds. The summed E-state index contributed by atoms with van der Waals surface area (Å²) in [6.45, 7) is 4.42. The molecule has 0 aromatic rings. The van der Waals surface area contributed by atoms with Crippen LogP contribution in [0.5, 0.6) is 0 Å². The van der Waals surface area contributed by atoms with Gasteiger partial charge in [0.15, 0.2) is 0 Å². The highest BCUT2D eigenvalue weighted by Crippen LogP contribution is 2.19. The normalized spacial score (nSPS) is 24.2. The molecule has 0 saturated carbocycles. The molecule has 3 unspecified atom stereocenters. The van der Waals surface area contributed by atoms with Crippen molar-refractivity contribution in [1.82, 2.24) is 5.32 Å². The average Bonchev–Trinajstić information content (AvgIpc) is 2.74. The SMILES string of the molecule is CC(C)CC(CN)C(=O)NC1C=CC(C(=O)O)C1. The molecular weight excluding hydrogens is 232 g/mol. The Bertz CT molecular complexity index is 339. The molecule has 0 spiro atoms. The number of aliphatic carboxylic acids is 1. The number of hydrogen-bond donors (Lipinski definition) is 3. The highest BCUT2D eigenvalue weighted by atomic mass is 16.4. The number of carboxylic acid groups (broad SMARTS) is 1. The van der Waals surface area contributed by atoms with Gasteiger partial charge in [0.1, 0.15) is 0 Å². The number of rotatable bonds is 6. The van der Waals surface area contributed by atoms with Crippen molar-refractivity contribution in [2.75, 3.05) is 6.54 Å². The van der Waals surface area contributed by atoms with Gasteiger partial charge < -0.3 is 16.2 Å². The average molecular weight is 254 g/mol. The zero-order valence-corrected chi connectivity index (χ0v) is 10.9. The standard InChI is InChI=1S/C13H22N2O3/c1-8(2)5-10(7-14)12(16)15-11-4-3-9(6-11)13(17)18/h3-4,8-11H,5-7,14H2,1-2H3,(H,15,16)(H,17,18). The molecule has 1 aliphatic rings. The highest BCUT2D eigenvalue weighted by molar-refractivity contribution is 5.80. The lowest BCUT2D eigenvalue weighted by atomic mass is 9.96. The molecule has 102 valence electrons. The molecule has 3 atom stereocenters. The van der Waals surface area contributed by atoms with Gasteiger partial charge in [0.05, 0.1) is 11.8 Å². The minimum absolute atomic E-state index is 0.0770. The van der Waals surface area contributed by atoms with Crippen LogP contribution >= 0.6 is 0 Å². The van der Waals surface area contributed by atoms with Gasteiger partial charge in [0, 0.05) is 12.6 Å². The summed E-state index contributed by atoms with van der Waals surface area (Å²) in [5.74, 6) is -1.19. The van der Waals surface area contributed by atoms with Crippen molar-refractivity contribution < 1.29 is 14.7 Å². The predicted molar refractivity (Wildman–Crippen MR) is 68.8 cm³/mol. The van der Waals surface area contributed by atoms with E-state index in [1.54, 1.807) is 12.2 Å². The summed E-state index contributed by atoms with van der Waals surface area (Å²) in [6, 6.07) is -0.181. The second-order valence-electron chi connectivity index (χ2n) is 5.24. The maximum absolute atomic E-state index is 12.0. The van der Waals surface area contributed by atoms with E-state index in [4.69, 9.17) is 10.8 Å². The topological polar surface area (TPSA) is 92.4 Å². The number of carbonyl (C=O) groups excluding carboxylic acids is 1. The van der Waals surface area contributed by atoms with Crippen LogP contribution in [0.25, 0.3) is 0 Å². The number of hydrogen-bond acceptors (Lipinski definition) is 3. The van der Waals surface area contributed by atoms with Crippen molar-refractivity contribution in [3.8, 4) is 0 Å². The third-order valence-electron chi connectivity index (χ3n) is 3.14. The van der Waals surface area contributed by atoms with Crippen LogP contribution in [0.1, 0.15) is 26.7 Å². The van der Waals surface area contributed by atoms with Crippen molar-refractivity contribution in [2.45, 2.75) is 32.7 Å². The summed E-state index contributed by atoms with van der Waals surface area (Å²) >= 11 is 0. The molecule has 0 radical (unpaired) electrons. The summed E-state index contributed by atoms with van der Waals surface area (Å²) < 4.78 is 0.